The van der Waals surface area contributed by atoms with Crippen molar-refractivity contribution in [1.82, 2.24) is 10.2 Å². The van der Waals surface area contributed by atoms with Crippen molar-refractivity contribution >= 4 is 11.8 Å². The molecule has 1 aliphatic heterocycles. The molecule has 4 N–H and O–H groups in total. The molecule has 0 aliphatic carbocycles. The number of amides is 2. The zero-order valence-corrected chi connectivity index (χ0v) is 11.2. The number of aliphatic hydroxyl groups excluding tert-OH is 3. The molecule has 1 fully saturated rings. The number of nitrogens with zero attached hydrogens (tertiary/aromatic N) is 1. The number of carbonyl (C=O) groups is 2. The summed E-state index contributed by atoms with van der Waals surface area (Å²) in [7, 11) is 0. The molecule has 7 heteroatoms. The van der Waals surface area contributed by atoms with E-state index in [-0.39, 0.29) is 12.5 Å². The number of piperidine rings is 1. The van der Waals surface area contributed by atoms with Crippen molar-refractivity contribution in [3.63, 3.8) is 0 Å². The highest BCUT2D eigenvalue weighted by Gasteiger charge is 2.46. The lowest BCUT2D eigenvalue weighted by Gasteiger charge is -2.43. The van der Waals surface area contributed by atoms with Crippen molar-refractivity contribution < 1.29 is 24.9 Å². The quantitative estimate of drug-likeness (QED) is 0.473. The molecule has 0 bridgehead atoms. The molecule has 0 aromatic heterocycles. The minimum atomic E-state index is -1.61. The highest BCUT2D eigenvalue weighted by atomic mass is 16.4. The fourth-order valence-corrected chi connectivity index (χ4v) is 2.17. The molecule has 19 heavy (non-hydrogen) atoms. The molecule has 0 aromatic rings. The topological polar surface area (TPSA) is 110 Å². The average molecular weight is 274 g/mol. The first kappa shape index (κ1) is 15.9. The molecular weight excluding hydrogens is 252 g/mol. The summed E-state index contributed by atoms with van der Waals surface area (Å²) < 4.78 is 0. The van der Waals surface area contributed by atoms with Crippen molar-refractivity contribution in [2.75, 3.05) is 13.1 Å². The Kier molecular flexibility index (Phi) is 5.71. The summed E-state index contributed by atoms with van der Waals surface area (Å²) in [5, 5.41) is 31.7. The van der Waals surface area contributed by atoms with Crippen molar-refractivity contribution in [1.29, 1.82) is 0 Å². The predicted molar refractivity (Wildman–Crippen MR) is 67.1 cm³/mol. The third-order valence-electron chi connectivity index (χ3n) is 3.30. The minimum absolute atomic E-state index is 0.0589. The second kappa shape index (κ2) is 6.83. The Labute approximate surface area is 112 Å². The van der Waals surface area contributed by atoms with E-state index in [4.69, 9.17) is 0 Å². The lowest BCUT2D eigenvalue weighted by molar-refractivity contribution is -0.175. The van der Waals surface area contributed by atoms with Gasteiger partial charge in [0, 0.05) is 19.5 Å². The Morgan fingerprint density at radius 3 is 2.42 bits per heavy atom. The number of nitrogens with one attached hydrogen (secondary N) is 1. The SMILES string of the molecule is CCCN1C(=O)C(O)C(O)C(O)C1CNC(=O)CC. The van der Waals surface area contributed by atoms with Crippen LogP contribution >= 0.6 is 0 Å². The fourth-order valence-electron chi connectivity index (χ4n) is 2.17. The van der Waals surface area contributed by atoms with E-state index >= 15 is 0 Å². The monoisotopic (exact) mass is 274 g/mol. The van der Waals surface area contributed by atoms with Gasteiger partial charge in [0.2, 0.25) is 5.91 Å². The molecule has 1 rings (SSSR count). The minimum Gasteiger partial charge on any atom is -0.388 e. The van der Waals surface area contributed by atoms with Gasteiger partial charge in [-0.25, -0.2) is 0 Å². The molecule has 2 amide bonds. The summed E-state index contributed by atoms with van der Waals surface area (Å²) >= 11 is 0. The summed E-state index contributed by atoms with van der Waals surface area (Å²) in [5.41, 5.74) is 0. The van der Waals surface area contributed by atoms with Crippen molar-refractivity contribution in [2.24, 2.45) is 0 Å². The van der Waals surface area contributed by atoms with E-state index in [1.807, 2.05) is 6.92 Å². The molecule has 1 aliphatic rings. The van der Waals surface area contributed by atoms with E-state index in [1.54, 1.807) is 6.92 Å². The fraction of sp³-hybridized carbons (Fsp3) is 0.833. The predicted octanol–water partition coefficient (Wildman–Crippen LogP) is -1.78. The zero-order valence-electron chi connectivity index (χ0n) is 11.2. The molecule has 0 radical (unpaired) electrons. The maximum Gasteiger partial charge on any atom is 0.254 e. The molecule has 1 saturated heterocycles. The summed E-state index contributed by atoms with van der Waals surface area (Å²) in [6.45, 7) is 3.97. The number of rotatable bonds is 5. The van der Waals surface area contributed by atoms with Gasteiger partial charge in [-0.1, -0.05) is 13.8 Å². The Hall–Kier alpha value is -1.18. The van der Waals surface area contributed by atoms with Gasteiger partial charge in [0.05, 0.1) is 6.04 Å². The molecule has 0 aromatic carbocycles. The highest BCUT2D eigenvalue weighted by Crippen LogP contribution is 2.20. The lowest BCUT2D eigenvalue weighted by atomic mass is 9.92. The second-order valence-electron chi connectivity index (χ2n) is 4.68. The van der Waals surface area contributed by atoms with Crippen molar-refractivity contribution in [2.45, 2.75) is 51.0 Å². The van der Waals surface area contributed by atoms with Crippen LogP contribution in [-0.2, 0) is 9.59 Å². The lowest BCUT2D eigenvalue weighted by Crippen LogP contribution is -2.66. The van der Waals surface area contributed by atoms with Crippen LogP contribution in [0.3, 0.4) is 0 Å². The largest absolute Gasteiger partial charge is 0.388 e. The van der Waals surface area contributed by atoms with Gasteiger partial charge in [-0.2, -0.15) is 0 Å². The zero-order chi connectivity index (χ0) is 14.6. The van der Waals surface area contributed by atoms with Crippen LogP contribution in [-0.4, -0.2) is 69.5 Å². The first-order valence-electron chi connectivity index (χ1n) is 6.55. The van der Waals surface area contributed by atoms with Crippen LogP contribution in [0.4, 0.5) is 0 Å². The van der Waals surface area contributed by atoms with E-state index in [9.17, 15) is 24.9 Å². The summed E-state index contributed by atoms with van der Waals surface area (Å²) in [6.07, 6.45) is -3.46. The van der Waals surface area contributed by atoms with Gasteiger partial charge in [-0.3, -0.25) is 9.59 Å². The van der Waals surface area contributed by atoms with E-state index in [0.29, 0.717) is 19.4 Å². The first-order valence-corrected chi connectivity index (χ1v) is 6.55. The van der Waals surface area contributed by atoms with Crippen LogP contribution in [0.5, 0.6) is 0 Å². The van der Waals surface area contributed by atoms with Crippen molar-refractivity contribution in [3.8, 4) is 0 Å². The second-order valence-corrected chi connectivity index (χ2v) is 4.68. The number of aliphatic hydroxyl groups is 3. The Bertz CT molecular complexity index is 336. The molecule has 7 nitrogen and oxygen atoms in total. The average Bonchev–Trinajstić information content (AvgIpc) is 2.41. The molecule has 110 valence electrons. The number of hydrogen-bond donors (Lipinski definition) is 4. The standard InChI is InChI=1S/C12H22N2O5/c1-3-5-14-7(6-13-8(15)4-2)9(16)10(17)11(18)12(14)19/h7,9-11,16-18H,3-6H2,1-2H3,(H,13,15). The molecule has 4 unspecified atom stereocenters. The van der Waals surface area contributed by atoms with Crippen LogP contribution in [0.15, 0.2) is 0 Å². The molecular formula is C12H22N2O5. The van der Waals surface area contributed by atoms with E-state index in [2.05, 4.69) is 5.32 Å². The highest BCUT2D eigenvalue weighted by molar-refractivity contribution is 5.83. The Balaban J connectivity index is 2.81. The maximum atomic E-state index is 11.9. The van der Waals surface area contributed by atoms with Crippen LogP contribution in [0.1, 0.15) is 26.7 Å². The maximum absolute atomic E-state index is 11.9. The van der Waals surface area contributed by atoms with Gasteiger partial charge in [-0.05, 0) is 6.42 Å². The number of carbonyl (C=O) groups excluding carboxylic acids is 2. The summed E-state index contributed by atoms with van der Waals surface area (Å²) in [5.74, 6) is -0.813. The van der Waals surface area contributed by atoms with E-state index in [0.717, 1.165) is 0 Å². The normalized spacial score (nSPS) is 31.4. The van der Waals surface area contributed by atoms with E-state index < -0.39 is 30.3 Å². The van der Waals surface area contributed by atoms with Gasteiger partial charge in [0.1, 0.15) is 12.2 Å². The van der Waals surface area contributed by atoms with Gasteiger partial charge >= 0.3 is 0 Å². The molecule has 0 saturated carbocycles. The summed E-state index contributed by atoms with van der Waals surface area (Å²) in [6, 6.07) is -0.721. The number of likely N-dealkylation sites (tertiary alicyclic amines) is 1. The van der Waals surface area contributed by atoms with Crippen molar-refractivity contribution in [3.05, 3.63) is 0 Å². The third-order valence-corrected chi connectivity index (χ3v) is 3.30. The van der Waals surface area contributed by atoms with Crippen LogP contribution in [0.2, 0.25) is 0 Å². The molecule has 0 spiro atoms. The van der Waals surface area contributed by atoms with E-state index in [1.165, 1.54) is 4.90 Å². The van der Waals surface area contributed by atoms with Gasteiger partial charge in [0.25, 0.3) is 5.91 Å². The van der Waals surface area contributed by atoms with Crippen LogP contribution in [0.25, 0.3) is 0 Å². The van der Waals surface area contributed by atoms with Gasteiger partial charge in [0.15, 0.2) is 6.10 Å². The van der Waals surface area contributed by atoms with Crippen LogP contribution < -0.4 is 5.32 Å². The van der Waals surface area contributed by atoms with Gasteiger partial charge < -0.3 is 25.5 Å². The summed E-state index contributed by atoms with van der Waals surface area (Å²) in [4.78, 5) is 24.5. The molecule has 1 heterocycles. The Morgan fingerprint density at radius 1 is 1.26 bits per heavy atom. The number of hydrogen-bond acceptors (Lipinski definition) is 5. The van der Waals surface area contributed by atoms with Gasteiger partial charge in [-0.15, -0.1) is 0 Å². The first-order chi connectivity index (χ1) is 8.93. The Morgan fingerprint density at radius 2 is 1.89 bits per heavy atom. The van der Waals surface area contributed by atoms with Crippen LogP contribution in [0, 0.1) is 0 Å². The molecule has 4 atom stereocenters. The third kappa shape index (κ3) is 3.43. The smallest absolute Gasteiger partial charge is 0.254 e.